The van der Waals surface area contributed by atoms with Crippen LogP contribution in [0.1, 0.15) is 25.0 Å². The van der Waals surface area contributed by atoms with Gasteiger partial charge in [-0.25, -0.2) is 0 Å². The van der Waals surface area contributed by atoms with E-state index in [1.807, 2.05) is 18.2 Å². The van der Waals surface area contributed by atoms with Gasteiger partial charge in [-0.2, -0.15) is 0 Å². The number of amides is 1. The lowest BCUT2D eigenvalue weighted by Gasteiger charge is -2.16. The minimum atomic E-state index is -0.0900. The van der Waals surface area contributed by atoms with E-state index < -0.39 is 0 Å². The maximum absolute atomic E-state index is 12.4. The Morgan fingerprint density at radius 2 is 2.09 bits per heavy atom. The van der Waals surface area contributed by atoms with Crippen molar-refractivity contribution in [2.75, 3.05) is 20.8 Å². The van der Waals surface area contributed by atoms with Gasteiger partial charge in [-0.1, -0.05) is 19.9 Å². The molecule has 0 radical (unpaired) electrons. The van der Waals surface area contributed by atoms with Crippen LogP contribution in [0.15, 0.2) is 23.9 Å². The fraction of sp³-hybridized carbons (Fsp3) is 0.412. The van der Waals surface area contributed by atoms with Crippen molar-refractivity contribution in [1.82, 2.24) is 10.2 Å². The van der Waals surface area contributed by atoms with Crippen molar-refractivity contribution in [1.29, 1.82) is 0 Å². The van der Waals surface area contributed by atoms with Gasteiger partial charge in [-0.05, 0) is 41.9 Å². The fourth-order valence-electron chi connectivity index (χ4n) is 2.43. The van der Waals surface area contributed by atoms with Gasteiger partial charge in [-0.15, -0.1) is 0 Å². The molecular weight excluding hydrogens is 312 g/mol. The van der Waals surface area contributed by atoms with Crippen LogP contribution in [0.5, 0.6) is 5.75 Å². The first-order valence-electron chi connectivity index (χ1n) is 7.46. The van der Waals surface area contributed by atoms with E-state index in [1.54, 1.807) is 25.2 Å². The number of ether oxygens (including phenoxy) is 2. The summed E-state index contributed by atoms with van der Waals surface area (Å²) < 4.78 is 10.5. The number of rotatable bonds is 6. The van der Waals surface area contributed by atoms with E-state index in [-0.39, 0.29) is 5.91 Å². The maximum Gasteiger partial charge on any atom is 0.276 e. The van der Waals surface area contributed by atoms with Crippen molar-refractivity contribution in [2.24, 2.45) is 5.92 Å². The molecule has 1 saturated heterocycles. The summed E-state index contributed by atoms with van der Waals surface area (Å²) in [5, 5.41) is 3.45. The van der Waals surface area contributed by atoms with Crippen LogP contribution in [0.25, 0.3) is 6.08 Å². The first-order chi connectivity index (χ1) is 11.0. The molecule has 0 atom stereocenters. The van der Waals surface area contributed by atoms with Gasteiger partial charge in [0.15, 0.2) is 5.11 Å². The molecule has 0 saturated carbocycles. The monoisotopic (exact) mass is 334 g/mol. The Bertz CT molecular complexity index is 641. The third-order valence-electron chi connectivity index (χ3n) is 3.43. The average molecular weight is 334 g/mol. The van der Waals surface area contributed by atoms with Crippen molar-refractivity contribution in [3.05, 3.63) is 35.0 Å². The second kappa shape index (κ2) is 7.57. The van der Waals surface area contributed by atoms with Crippen LogP contribution in [0.3, 0.4) is 0 Å². The van der Waals surface area contributed by atoms with Gasteiger partial charge >= 0.3 is 0 Å². The van der Waals surface area contributed by atoms with Crippen molar-refractivity contribution < 1.29 is 14.3 Å². The van der Waals surface area contributed by atoms with Crippen molar-refractivity contribution in [3.63, 3.8) is 0 Å². The third kappa shape index (κ3) is 4.09. The summed E-state index contributed by atoms with van der Waals surface area (Å²) in [5.74, 6) is 1.02. The van der Waals surface area contributed by atoms with Gasteiger partial charge in [0.25, 0.3) is 5.91 Å². The predicted octanol–water partition coefficient (Wildman–Crippen LogP) is 2.56. The molecule has 1 amide bonds. The number of hydrogen-bond donors (Lipinski definition) is 1. The summed E-state index contributed by atoms with van der Waals surface area (Å²) in [7, 11) is 3.26. The molecule has 1 heterocycles. The van der Waals surface area contributed by atoms with E-state index in [0.717, 1.165) is 16.9 Å². The summed E-state index contributed by atoms with van der Waals surface area (Å²) in [5.41, 5.74) is 2.31. The van der Waals surface area contributed by atoms with Gasteiger partial charge in [0.2, 0.25) is 0 Å². The van der Waals surface area contributed by atoms with E-state index in [2.05, 4.69) is 19.2 Å². The van der Waals surface area contributed by atoms with Gasteiger partial charge in [0, 0.05) is 19.2 Å². The molecule has 0 bridgehead atoms. The molecule has 0 spiro atoms. The Kier molecular flexibility index (Phi) is 5.74. The molecule has 0 unspecified atom stereocenters. The van der Waals surface area contributed by atoms with Crippen LogP contribution < -0.4 is 10.1 Å². The Hall–Kier alpha value is -1.92. The molecule has 1 aliphatic heterocycles. The van der Waals surface area contributed by atoms with E-state index in [0.29, 0.717) is 29.9 Å². The normalized spacial score (nSPS) is 16.4. The molecule has 1 aliphatic rings. The molecule has 6 heteroatoms. The van der Waals surface area contributed by atoms with Crippen LogP contribution in [0.4, 0.5) is 0 Å². The molecule has 0 aliphatic carbocycles. The zero-order valence-electron chi connectivity index (χ0n) is 13.9. The number of carbonyl (C=O) groups is 1. The van der Waals surface area contributed by atoms with Crippen LogP contribution in [0, 0.1) is 5.92 Å². The van der Waals surface area contributed by atoms with Gasteiger partial charge < -0.3 is 14.8 Å². The zero-order valence-corrected chi connectivity index (χ0v) is 14.7. The second-order valence-electron chi connectivity index (χ2n) is 5.80. The minimum absolute atomic E-state index is 0.0900. The number of methoxy groups -OCH3 is 2. The molecule has 2 rings (SSSR count). The smallest absolute Gasteiger partial charge is 0.276 e. The number of thiocarbonyl (C=S) groups is 1. The molecule has 1 aromatic carbocycles. The van der Waals surface area contributed by atoms with E-state index in [1.165, 1.54) is 0 Å². The largest absolute Gasteiger partial charge is 0.496 e. The van der Waals surface area contributed by atoms with Crippen LogP contribution in [0.2, 0.25) is 0 Å². The number of hydrogen-bond acceptors (Lipinski definition) is 4. The summed E-state index contributed by atoms with van der Waals surface area (Å²) in [6.45, 7) is 5.16. The lowest BCUT2D eigenvalue weighted by atomic mass is 10.1. The Labute approximate surface area is 142 Å². The highest BCUT2D eigenvalue weighted by atomic mass is 32.1. The SMILES string of the molecule is COCc1cc(/C=C2/NC(=S)N(CC(C)C)C2=O)ccc1OC. The maximum atomic E-state index is 12.4. The average Bonchev–Trinajstić information content (AvgIpc) is 2.75. The van der Waals surface area contributed by atoms with Crippen molar-refractivity contribution >= 4 is 29.3 Å². The van der Waals surface area contributed by atoms with Gasteiger partial charge in [0.1, 0.15) is 11.4 Å². The molecule has 5 nitrogen and oxygen atoms in total. The van der Waals surface area contributed by atoms with E-state index >= 15 is 0 Å². The van der Waals surface area contributed by atoms with E-state index in [9.17, 15) is 4.79 Å². The zero-order chi connectivity index (χ0) is 17.0. The molecule has 1 aromatic rings. The topological polar surface area (TPSA) is 50.8 Å². The van der Waals surface area contributed by atoms with Crippen LogP contribution >= 0.6 is 12.2 Å². The fourth-order valence-corrected chi connectivity index (χ4v) is 2.69. The molecular formula is C17H22N2O3S. The Morgan fingerprint density at radius 3 is 2.70 bits per heavy atom. The highest BCUT2D eigenvalue weighted by Gasteiger charge is 2.30. The molecule has 0 aromatic heterocycles. The van der Waals surface area contributed by atoms with Crippen LogP contribution in [-0.2, 0) is 16.1 Å². The highest BCUT2D eigenvalue weighted by molar-refractivity contribution is 7.80. The number of benzene rings is 1. The molecule has 124 valence electrons. The first-order valence-corrected chi connectivity index (χ1v) is 7.87. The molecule has 1 fully saturated rings. The number of nitrogens with one attached hydrogen (secondary N) is 1. The van der Waals surface area contributed by atoms with E-state index in [4.69, 9.17) is 21.7 Å². The summed E-state index contributed by atoms with van der Waals surface area (Å²) in [4.78, 5) is 14.1. The lowest BCUT2D eigenvalue weighted by Crippen LogP contribution is -2.33. The number of carbonyl (C=O) groups excluding carboxylic acids is 1. The first kappa shape index (κ1) is 17.4. The minimum Gasteiger partial charge on any atom is -0.496 e. The summed E-state index contributed by atoms with van der Waals surface area (Å²) >= 11 is 5.25. The Balaban J connectivity index is 2.26. The third-order valence-corrected chi connectivity index (χ3v) is 3.75. The van der Waals surface area contributed by atoms with Crippen molar-refractivity contribution in [2.45, 2.75) is 20.5 Å². The summed E-state index contributed by atoms with van der Waals surface area (Å²) in [6, 6.07) is 5.71. The van der Waals surface area contributed by atoms with Gasteiger partial charge in [0.05, 0.1) is 13.7 Å². The highest BCUT2D eigenvalue weighted by Crippen LogP contribution is 2.23. The number of nitrogens with zero attached hydrogens (tertiary/aromatic N) is 1. The molecule has 23 heavy (non-hydrogen) atoms. The van der Waals surface area contributed by atoms with Crippen LogP contribution in [-0.4, -0.2) is 36.7 Å². The second-order valence-corrected chi connectivity index (χ2v) is 6.19. The predicted molar refractivity (Wildman–Crippen MR) is 94.0 cm³/mol. The quantitative estimate of drug-likeness (QED) is 0.640. The Morgan fingerprint density at radius 1 is 1.35 bits per heavy atom. The van der Waals surface area contributed by atoms with Gasteiger partial charge in [-0.3, -0.25) is 9.69 Å². The summed E-state index contributed by atoms with van der Waals surface area (Å²) in [6.07, 6.45) is 1.80. The lowest BCUT2D eigenvalue weighted by molar-refractivity contribution is -0.122. The standard InChI is InChI=1S/C17H22N2O3S/c1-11(2)9-19-16(20)14(18-17(19)23)8-12-5-6-15(22-4)13(7-12)10-21-3/h5-8,11H,9-10H2,1-4H3,(H,18,23)/b14-8+. The van der Waals surface area contributed by atoms with Crippen molar-refractivity contribution in [3.8, 4) is 5.75 Å². The molecule has 1 N–H and O–H groups in total.